The Bertz CT molecular complexity index is 594. The number of benzene rings is 1. The number of hydrogen-bond acceptors (Lipinski definition) is 3. The van der Waals surface area contributed by atoms with E-state index in [4.69, 9.17) is 4.74 Å². The highest BCUT2D eigenvalue weighted by Crippen LogP contribution is 2.26. The van der Waals surface area contributed by atoms with Crippen molar-refractivity contribution in [1.82, 2.24) is 14.9 Å². The lowest BCUT2D eigenvalue weighted by molar-refractivity contribution is 0.0559. The van der Waals surface area contributed by atoms with Crippen molar-refractivity contribution in [2.24, 2.45) is 0 Å². The zero-order valence-electron chi connectivity index (χ0n) is 11.2. The van der Waals surface area contributed by atoms with Crippen molar-refractivity contribution in [2.75, 3.05) is 13.2 Å². The molecule has 5 heteroatoms. The zero-order chi connectivity index (χ0) is 13.4. The fraction of sp³-hybridized carbons (Fsp3) is 0.500. The van der Waals surface area contributed by atoms with Crippen LogP contribution in [0.5, 0.6) is 0 Å². The minimum atomic E-state index is -0.249. The van der Waals surface area contributed by atoms with Crippen LogP contribution in [0.1, 0.15) is 25.7 Å². The van der Waals surface area contributed by atoms with Crippen LogP contribution >= 0.6 is 0 Å². The first-order chi connectivity index (χ1) is 9.15. The summed E-state index contributed by atoms with van der Waals surface area (Å²) in [6, 6.07) is 5.40. The van der Waals surface area contributed by atoms with Crippen molar-refractivity contribution in [3.05, 3.63) is 29.8 Å². The number of fused-ring (bicyclic) bond motifs is 3. The van der Waals surface area contributed by atoms with E-state index in [0.717, 1.165) is 17.9 Å². The second-order valence-corrected chi connectivity index (χ2v) is 5.26. The van der Waals surface area contributed by atoms with Gasteiger partial charge in [0.1, 0.15) is 18.2 Å². The lowest BCUT2D eigenvalue weighted by atomic mass is 10.2. The fourth-order valence-electron chi connectivity index (χ4n) is 2.51. The van der Waals surface area contributed by atoms with Crippen LogP contribution in [0.15, 0.2) is 18.2 Å². The van der Waals surface area contributed by atoms with Crippen LogP contribution < -0.4 is 5.32 Å². The van der Waals surface area contributed by atoms with Gasteiger partial charge in [0.05, 0.1) is 23.7 Å². The average Bonchev–Trinajstić information content (AvgIpc) is 2.73. The summed E-state index contributed by atoms with van der Waals surface area (Å²) in [4.78, 5) is 4.46. The maximum atomic E-state index is 13.3. The lowest BCUT2D eigenvalue weighted by Gasteiger charge is -2.27. The summed E-state index contributed by atoms with van der Waals surface area (Å²) in [6.07, 6.45) is 0. The summed E-state index contributed by atoms with van der Waals surface area (Å²) in [5, 5.41) is 3.42. The van der Waals surface area contributed by atoms with E-state index in [1.54, 1.807) is 6.07 Å². The topological polar surface area (TPSA) is 39.1 Å². The molecule has 2 heterocycles. The molecule has 1 aliphatic heterocycles. The van der Waals surface area contributed by atoms with Crippen molar-refractivity contribution < 1.29 is 9.13 Å². The molecule has 0 aliphatic carbocycles. The van der Waals surface area contributed by atoms with Crippen LogP contribution in [0.4, 0.5) is 4.39 Å². The number of aromatic nitrogens is 2. The van der Waals surface area contributed by atoms with Crippen molar-refractivity contribution >= 4 is 11.0 Å². The van der Waals surface area contributed by atoms with E-state index in [9.17, 15) is 4.39 Å². The smallest absolute Gasteiger partial charge is 0.136 e. The molecule has 0 saturated heterocycles. The molecule has 102 valence electrons. The van der Waals surface area contributed by atoms with E-state index in [0.29, 0.717) is 24.8 Å². The maximum absolute atomic E-state index is 13.3. The largest absolute Gasteiger partial charge is 0.371 e. The molecule has 1 aliphatic rings. The van der Waals surface area contributed by atoms with Gasteiger partial charge in [-0.2, -0.15) is 0 Å². The summed E-state index contributed by atoms with van der Waals surface area (Å²) >= 11 is 0. The summed E-state index contributed by atoms with van der Waals surface area (Å²) in [7, 11) is 0. The number of rotatable bonds is 3. The number of ether oxygens (including phenoxy) is 1. The maximum Gasteiger partial charge on any atom is 0.136 e. The zero-order valence-corrected chi connectivity index (χ0v) is 11.2. The van der Waals surface area contributed by atoms with Gasteiger partial charge in [-0.1, -0.05) is 13.8 Å². The minimum absolute atomic E-state index is 0.210. The Balaban J connectivity index is 2.00. The third kappa shape index (κ3) is 2.35. The van der Waals surface area contributed by atoms with Gasteiger partial charge in [-0.3, -0.25) is 0 Å². The minimum Gasteiger partial charge on any atom is -0.371 e. The number of hydrogen-bond donors (Lipinski definition) is 1. The van der Waals surface area contributed by atoms with E-state index in [2.05, 4.69) is 28.7 Å². The average molecular weight is 263 g/mol. The predicted molar refractivity (Wildman–Crippen MR) is 71.5 cm³/mol. The SMILES string of the molecule is CC(C)NC[C@H]1COCc2nc3cc(F)ccc3n21. The molecular formula is C14H18FN3O. The van der Waals surface area contributed by atoms with Crippen LogP contribution in [-0.2, 0) is 11.3 Å². The van der Waals surface area contributed by atoms with E-state index < -0.39 is 0 Å². The Morgan fingerprint density at radius 2 is 2.37 bits per heavy atom. The second-order valence-electron chi connectivity index (χ2n) is 5.26. The van der Waals surface area contributed by atoms with Crippen LogP contribution in [0.25, 0.3) is 11.0 Å². The molecule has 0 radical (unpaired) electrons. The normalized spacial score (nSPS) is 19.1. The Morgan fingerprint density at radius 1 is 1.53 bits per heavy atom. The standard InChI is InChI=1S/C14H18FN3O/c1-9(2)16-6-11-7-19-8-14-17-12-5-10(15)3-4-13(12)18(11)14/h3-5,9,11,16H,6-8H2,1-2H3/t11-/m0/s1. The number of halogens is 1. The van der Waals surface area contributed by atoms with E-state index in [1.807, 2.05) is 0 Å². The van der Waals surface area contributed by atoms with Crippen molar-refractivity contribution in [3.8, 4) is 0 Å². The Labute approximate surface area is 111 Å². The molecule has 1 N–H and O–H groups in total. The lowest BCUT2D eigenvalue weighted by Crippen LogP contribution is -2.35. The van der Waals surface area contributed by atoms with Gasteiger partial charge < -0.3 is 14.6 Å². The molecular weight excluding hydrogens is 245 g/mol. The predicted octanol–water partition coefficient (Wildman–Crippen LogP) is 2.24. The molecule has 4 nitrogen and oxygen atoms in total. The molecule has 1 aromatic carbocycles. The summed E-state index contributed by atoms with van der Waals surface area (Å²) in [5.74, 6) is 0.628. The van der Waals surface area contributed by atoms with E-state index >= 15 is 0 Å². The van der Waals surface area contributed by atoms with Gasteiger partial charge in [-0.25, -0.2) is 9.37 Å². The van der Waals surface area contributed by atoms with Gasteiger partial charge in [0.2, 0.25) is 0 Å². The molecule has 0 amide bonds. The third-order valence-corrected chi connectivity index (χ3v) is 3.39. The molecule has 2 aromatic rings. The van der Waals surface area contributed by atoms with E-state index in [1.165, 1.54) is 12.1 Å². The van der Waals surface area contributed by atoms with Gasteiger partial charge in [-0.05, 0) is 12.1 Å². The second kappa shape index (κ2) is 4.90. The summed E-state index contributed by atoms with van der Waals surface area (Å²) < 4.78 is 21.0. The highest BCUT2D eigenvalue weighted by Gasteiger charge is 2.24. The van der Waals surface area contributed by atoms with Crippen molar-refractivity contribution in [3.63, 3.8) is 0 Å². The molecule has 0 saturated carbocycles. The van der Waals surface area contributed by atoms with Gasteiger partial charge in [0, 0.05) is 18.7 Å². The van der Waals surface area contributed by atoms with Crippen LogP contribution in [-0.4, -0.2) is 28.7 Å². The van der Waals surface area contributed by atoms with Gasteiger partial charge in [0.15, 0.2) is 0 Å². The summed E-state index contributed by atoms with van der Waals surface area (Å²) in [5.41, 5.74) is 1.69. The van der Waals surface area contributed by atoms with Gasteiger partial charge in [-0.15, -0.1) is 0 Å². The highest BCUT2D eigenvalue weighted by atomic mass is 19.1. The quantitative estimate of drug-likeness (QED) is 0.923. The molecule has 1 atom stereocenters. The number of nitrogens with one attached hydrogen (secondary N) is 1. The number of nitrogens with zero attached hydrogens (tertiary/aromatic N) is 2. The molecule has 19 heavy (non-hydrogen) atoms. The Kier molecular flexibility index (Phi) is 3.24. The fourth-order valence-corrected chi connectivity index (χ4v) is 2.51. The Hall–Kier alpha value is -1.46. The molecule has 0 spiro atoms. The van der Waals surface area contributed by atoms with Crippen LogP contribution in [0.3, 0.4) is 0 Å². The van der Waals surface area contributed by atoms with Crippen molar-refractivity contribution in [1.29, 1.82) is 0 Å². The Morgan fingerprint density at radius 3 is 3.16 bits per heavy atom. The van der Waals surface area contributed by atoms with Crippen LogP contribution in [0.2, 0.25) is 0 Å². The first-order valence-corrected chi connectivity index (χ1v) is 6.62. The van der Waals surface area contributed by atoms with E-state index in [-0.39, 0.29) is 11.9 Å². The molecule has 3 rings (SSSR count). The monoisotopic (exact) mass is 263 g/mol. The number of imidazole rings is 1. The first-order valence-electron chi connectivity index (χ1n) is 6.62. The summed E-state index contributed by atoms with van der Waals surface area (Å²) in [6.45, 7) is 6.22. The molecule has 0 unspecified atom stereocenters. The first kappa shape index (κ1) is 12.6. The molecule has 0 bridgehead atoms. The molecule has 0 fully saturated rings. The highest BCUT2D eigenvalue weighted by molar-refractivity contribution is 5.76. The van der Waals surface area contributed by atoms with Crippen LogP contribution in [0, 0.1) is 5.82 Å². The van der Waals surface area contributed by atoms with Gasteiger partial charge >= 0.3 is 0 Å². The van der Waals surface area contributed by atoms with Gasteiger partial charge in [0.25, 0.3) is 0 Å². The third-order valence-electron chi connectivity index (χ3n) is 3.39. The van der Waals surface area contributed by atoms with Crippen molar-refractivity contribution in [2.45, 2.75) is 32.5 Å². The molecule has 1 aromatic heterocycles.